The quantitative estimate of drug-likeness (QED) is 0.863. The average molecular weight is 230 g/mol. The lowest BCUT2D eigenvalue weighted by atomic mass is 10.1. The molecule has 0 aliphatic carbocycles. The van der Waals surface area contributed by atoms with Gasteiger partial charge in [0.25, 0.3) is 5.91 Å². The number of rotatable bonds is 2. The van der Waals surface area contributed by atoms with E-state index in [-0.39, 0.29) is 5.91 Å². The van der Waals surface area contributed by atoms with E-state index in [1.807, 2.05) is 32.0 Å². The van der Waals surface area contributed by atoms with Crippen LogP contribution in [-0.2, 0) is 0 Å². The van der Waals surface area contributed by atoms with Crippen LogP contribution in [0.25, 0.3) is 0 Å². The lowest BCUT2D eigenvalue weighted by molar-refractivity contribution is 0.102. The van der Waals surface area contributed by atoms with E-state index in [0.29, 0.717) is 11.3 Å². The van der Waals surface area contributed by atoms with Crippen LogP contribution in [-0.4, -0.2) is 11.1 Å². The third-order valence-electron chi connectivity index (χ3n) is 2.85. The molecule has 1 heterocycles. The summed E-state index contributed by atoms with van der Waals surface area (Å²) in [6, 6.07) is 5.80. The zero-order valence-electron chi connectivity index (χ0n) is 10.1. The summed E-state index contributed by atoms with van der Waals surface area (Å²) in [5, 5.41) is 6.44. The second-order valence-electron chi connectivity index (χ2n) is 4.00. The molecular formula is C13H14N2O2. The second kappa shape index (κ2) is 4.41. The van der Waals surface area contributed by atoms with Crippen LogP contribution in [0, 0.1) is 20.8 Å². The van der Waals surface area contributed by atoms with Crippen molar-refractivity contribution in [3.05, 3.63) is 46.8 Å². The van der Waals surface area contributed by atoms with Crippen molar-refractivity contribution in [1.29, 1.82) is 0 Å². The van der Waals surface area contributed by atoms with E-state index in [9.17, 15) is 4.79 Å². The Kier molecular flexibility index (Phi) is 2.95. The van der Waals surface area contributed by atoms with Gasteiger partial charge in [0.2, 0.25) is 0 Å². The van der Waals surface area contributed by atoms with E-state index in [1.165, 1.54) is 6.20 Å². The van der Waals surface area contributed by atoms with Gasteiger partial charge in [-0.1, -0.05) is 17.3 Å². The van der Waals surface area contributed by atoms with Crippen LogP contribution >= 0.6 is 0 Å². The minimum Gasteiger partial charge on any atom is -0.361 e. The molecule has 0 spiro atoms. The van der Waals surface area contributed by atoms with Gasteiger partial charge in [0, 0.05) is 5.69 Å². The number of amides is 1. The molecule has 1 aromatic heterocycles. The van der Waals surface area contributed by atoms with Crippen LogP contribution in [0.3, 0.4) is 0 Å². The lowest BCUT2D eigenvalue weighted by Gasteiger charge is -2.09. The molecule has 1 amide bonds. The van der Waals surface area contributed by atoms with Crippen molar-refractivity contribution in [3.63, 3.8) is 0 Å². The molecule has 0 fully saturated rings. The fourth-order valence-electron chi connectivity index (χ4n) is 1.59. The third kappa shape index (κ3) is 2.20. The normalized spacial score (nSPS) is 10.3. The number of carbonyl (C=O) groups is 1. The smallest absolute Gasteiger partial charge is 0.260 e. The minimum absolute atomic E-state index is 0.197. The summed E-state index contributed by atoms with van der Waals surface area (Å²) in [6.45, 7) is 5.70. The van der Waals surface area contributed by atoms with Crippen molar-refractivity contribution in [2.75, 3.05) is 5.32 Å². The summed E-state index contributed by atoms with van der Waals surface area (Å²) in [7, 11) is 0. The summed E-state index contributed by atoms with van der Waals surface area (Å²) < 4.78 is 4.87. The van der Waals surface area contributed by atoms with E-state index in [4.69, 9.17) is 4.52 Å². The standard InChI is InChI=1S/C13H14N2O2/c1-8-5-4-6-12(9(8)2)15-13(16)11-7-14-17-10(11)3/h4-7H,1-3H3,(H,15,16). The molecule has 1 aromatic carbocycles. The summed E-state index contributed by atoms with van der Waals surface area (Å²) in [6.07, 6.45) is 1.43. The van der Waals surface area contributed by atoms with Crippen molar-refractivity contribution >= 4 is 11.6 Å². The van der Waals surface area contributed by atoms with Crippen molar-refractivity contribution in [1.82, 2.24) is 5.16 Å². The molecule has 0 bridgehead atoms. The molecule has 17 heavy (non-hydrogen) atoms. The molecule has 88 valence electrons. The Bertz CT molecular complexity index is 558. The van der Waals surface area contributed by atoms with Gasteiger partial charge in [-0.15, -0.1) is 0 Å². The number of aryl methyl sites for hydroxylation is 2. The topological polar surface area (TPSA) is 55.1 Å². The maximum atomic E-state index is 11.9. The highest BCUT2D eigenvalue weighted by atomic mass is 16.5. The molecule has 0 aliphatic rings. The van der Waals surface area contributed by atoms with Crippen molar-refractivity contribution in [2.45, 2.75) is 20.8 Å². The van der Waals surface area contributed by atoms with Gasteiger partial charge in [0.05, 0.1) is 6.20 Å². The maximum absolute atomic E-state index is 11.9. The first-order valence-corrected chi connectivity index (χ1v) is 5.38. The van der Waals surface area contributed by atoms with Gasteiger partial charge in [-0.25, -0.2) is 0 Å². The minimum atomic E-state index is -0.197. The number of nitrogens with zero attached hydrogens (tertiary/aromatic N) is 1. The van der Waals surface area contributed by atoms with Gasteiger partial charge in [-0.2, -0.15) is 0 Å². The summed E-state index contributed by atoms with van der Waals surface area (Å²) >= 11 is 0. The average Bonchev–Trinajstić information content (AvgIpc) is 2.71. The van der Waals surface area contributed by atoms with Gasteiger partial charge in [0.15, 0.2) is 0 Å². The Morgan fingerprint density at radius 2 is 2.06 bits per heavy atom. The number of hydrogen-bond acceptors (Lipinski definition) is 3. The highest BCUT2D eigenvalue weighted by molar-refractivity contribution is 6.05. The van der Waals surface area contributed by atoms with Crippen molar-refractivity contribution in [2.24, 2.45) is 0 Å². The fourth-order valence-corrected chi connectivity index (χ4v) is 1.59. The first kappa shape index (κ1) is 11.4. The highest BCUT2D eigenvalue weighted by Gasteiger charge is 2.13. The number of aromatic nitrogens is 1. The zero-order valence-corrected chi connectivity index (χ0v) is 10.1. The molecule has 4 nitrogen and oxygen atoms in total. The van der Waals surface area contributed by atoms with Crippen LogP contribution in [0.15, 0.2) is 28.9 Å². The van der Waals surface area contributed by atoms with E-state index >= 15 is 0 Å². The Hall–Kier alpha value is -2.10. The Morgan fingerprint density at radius 1 is 1.29 bits per heavy atom. The van der Waals surface area contributed by atoms with Gasteiger partial charge < -0.3 is 9.84 Å². The largest absolute Gasteiger partial charge is 0.361 e. The number of anilines is 1. The van der Waals surface area contributed by atoms with E-state index in [2.05, 4.69) is 10.5 Å². The molecule has 4 heteroatoms. The first-order valence-electron chi connectivity index (χ1n) is 5.38. The van der Waals surface area contributed by atoms with Crippen LogP contribution in [0.2, 0.25) is 0 Å². The van der Waals surface area contributed by atoms with E-state index < -0.39 is 0 Å². The van der Waals surface area contributed by atoms with Gasteiger partial charge >= 0.3 is 0 Å². The molecule has 0 atom stereocenters. The van der Waals surface area contributed by atoms with E-state index in [1.54, 1.807) is 6.92 Å². The molecule has 2 rings (SSSR count). The van der Waals surface area contributed by atoms with Crippen LogP contribution in [0.4, 0.5) is 5.69 Å². The first-order chi connectivity index (χ1) is 8.09. The monoisotopic (exact) mass is 230 g/mol. The highest BCUT2D eigenvalue weighted by Crippen LogP contribution is 2.19. The molecule has 0 saturated heterocycles. The third-order valence-corrected chi connectivity index (χ3v) is 2.85. The summed E-state index contributed by atoms with van der Waals surface area (Å²) in [4.78, 5) is 11.9. The van der Waals surface area contributed by atoms with Gasteiger partial charge in [0.1, 0.15) is 11.3 Å². The number of hydrogen-bond donors (Lipinski definition) is 1. The number of nitrogens with one attached hydrogen (secondary N) is 1. The van der Waals surface area contributed by atoms with Crippen LogP contribution < -0.4 is 5.32 Å². The Labute approximate surface area is 99.6 Å². The zero-order chi connectivity index (χ0) is 12.4. The van der Waals surface area contributed by atoms with Crippen molar-refractivity contribution in [3.8, 4) is 0 Å². The van der Waals surface area contributed by atoms with Gasteiger partial charge in [-0.05, 0) is 38.0 Å². The fraction of sp³-hybridized carbons (Fsp3) is 0.231. The Morgan fingerprint density at radius 3 is 2.71 bits per heavy atom. The Balaban J connectivity index is 2.25. The SMILES string of the molecule is Cc1cccc(NC(=O)c2cnoc2C)c1C. The molecule has 0 aliphatic heterocycles. The predicted molar refractivity (Wildman–Crippen MR) is 65.1 cm³/mol. The lowest BCUT2D eigenvalue weighted by Crippen LogP contribution is -2.13. The maximum Gasteiger partial charge on any atom is 0.260 e. The molecule has 0 unspecified atom stereocenters. The predicted octanol–water partition coefficient (Wildman–Crippen LogP) is 2.85. The summed E-state index contributed by atoms with van der Waals surface area (Å²) in [5.74, 6) is 0.324. The van der Waals surface area contributed by atoms with Gasteiger partial charge in [-0.3, -0.25) is 4.79 Å². The van der Waals surface area contributed by atoms with E-state index in [0.717, 1.165) is 16.8 Å². The number of benzene rings is 1. The molecule has 2 aromatic rings. The second-order valence-corrected chi connectivity index (χ2v) is 4.00. The van der Waals surface area contributed by atoms with Crippen LogP contribution in [0.1, 0.15) is 27.2 Å². The molecule has 0 radical (unpaired) electrons. The molecule has 1 N–H and O–H groups in total. The van der Waals surface area contributed by atoms with Crippen molar-refractivity contribution < 1.29 is 9.32 Å². The summed E-state index contributed by atoms with van der Waals surface area (Å²) in [5.41, 5.74) is 3.49. The molecular weight excluding hydrogens is 216 g/mol. The number of carbonyl (C=O) groups excluding carboxylic acids is 1. The molecule has 0 saturated carbocycles. The van der Waals surface area contributed by atoms with Crippen LogP contribution in [0.5, 0.6) is 0 Å².